The molecule has 0 radical (unpaired) electrons. The number of rotatable bonds is 8. The fourth-order valence-electron chi connectivity index (χ4n) is 1.41. The van der Waals surface area contributed by atoms with Gasteiger partial charge in [-0.15, -0.1) is 0 Å². The maximum absolute atomic E-state index is 5.64. The third-order valence-corrected chi connectivity index (χ3v) is 3.29. The van der Waals surface area contributed by atoms with Crippen LogP contribution in [0.15, 0.2) is 0 Å². The average molecular weight is 266 g/mol. The Bertz CT molecular complexity index is 149. The van der Waals surface area contributed by atoms with Crippen molar-refractivity contribution < 1.29 is 23.3 Å². The summed E-state index contributed by atoms with van der Waals surface area (Å²) in [4.78, 5) is 0. The van der Waals surface area contributed by atoms with E-state index < -0.39 is 0 Å². The van der Waals surface area contributed by atoms with Gasteiger partial charge in [0, 0.05) is 0 Å². The summed E-state index contributed by atoms with van der Waals surface area (Å²) in [5, 5.41) is 0. The van der Waals surface area contributed by atoms with E-state index in [1.165, 1.54) is 15.6 Å². The van der Waals surface area contributed by atoms with Crippen molar-refractivity contribution >= 4 is 0 Å². The SMILES string of the molecule is CCCC(C)(C)[O][Cu][O]C(C)(C)CCC. The zero-order valence-electron chi connectivity index (χ0n) is 10.9. The van der Waals surface area contributed by atoms with Gasteiger partial charge in [0.2, 0.25) is 0 Å². The van der Waals surface area contributed by atoms with Crippen molar-refractivity contribution in [3.05, 3.63) is 0 Å². The van der Waals surface area contributed by atoms with E-state index in [1.54, 1.807) is 0 Å². The molecular formula is C12H26CuO2. The van der Waals surface area contributed by atoms with Gasteiger partial charge in [0.25, 0.3) is 0 Å². The summed E-state index contributed by atoms with van der Waals surface area (Å²) in [5.74, 6) is 0. The molecule has 0 saturated heterocycles. The summed E-state index contributed by atoms with van der Waals surface area (Å²) >= 11 is 1.24. The molecular weight excluding hydrogens is 240 g/mol. The van der Waals surface area contributed by atoms with Crippen LogP contribution in [-0.4, -0.2) is 11.2 Å². The Kier molecular flexibility index (Phi) is 7.10. The molecule has 2 nitrogen and oxygen atoms in total. The van der Waals surface area contributed by atoms with Gasteiger partial charge in [-0.3, -0.25) is 0 Å². The van der Waals surface area contributed by atoms with Crippen molar-refractivity contribution in [2.75, 3.05) is 0 Å². The maximum atomic E-state index is 5.64. The normalized spacial score (nSPS) is 13.5. The minimum absolute atomic E-state index is 0.100. The molecule has 0 aromatic heterocycles. The van der Waals surface area contributed by atoms with Crippen molar-refractivity contribution in [3.63, 3.8) is 0 Å². The van der Waals surface area contributed by atoms with E-state index in [1.807, 2.05) is 0 Å². The van der Waals surface area contributed by atoms with E-state index in [0.717, 1.165) is 25.7 Å². The Balaban J connectivity index is 3.77. The summed E-state index contributed by atoms with van der Waals surface area (Å²) in [6.45, 7) is 12.7. The van der Waals surface area contributed by atoms with Gasteiger partial charge in [-0.1, -0.05) is 0 Å². The fourth-order valence-corrected chi connectivity index (χ4v) is 2.07. The van der Waals surface area contributed by atoms with Crippen LogP contribution < -0.4 is 0 Å². The Labute approximate surface area is 102 Å². The van der Waals surface area contributed by atoms with E-state index >= 15 is 0 Å². The van der Waals surface area contributed by atoms with Crippen LogP contribution in [0.3, 0.4) is 0 Å². The molecule has 0 aliphatic carbocycles. The molecule has 0 amide bonds. The van der Waals surface area contributed by atoms with Crippen LogP contribution in [0.4, 0.5) is 0 Å². The van der Waals surface area contributed by atoms with Crippen LogP contribution >= 0.6 is 0 Å². The molecule has 0 saturated carbocycles. The van der Waals surface area contributed by atoms with Crippen LogP contribution in [0.2, 0.25) is 0 Å². The van der Waals surface area contributed by atoms with E-state index in [2.05, 4.69) is 41.5 Å². The molecule has 0 N–H and O–H groups in total. The molecule has 0 spiro atoms. The number of hydrogen-bond donors (Lipinski definition) is 0. The van der Waals surface area contributed by atoms with E-state index in [-0.39, 0.29) is 11.2 Å². The number of hydrogen-bond acceptors (Lipinski definition) is 2. The molecule has 3 heteroatoms. The first kappa shape index (κ1) is 15.4. The second kappa shape index (κ2) is 6.90. The molecule has 0 atom stereocenters. The molecule has 0 aromatic rings. The molecule has 97 valence electrons. The molecule has 0 aliphatic rings. The Morgan fingerprint density at radius 1 is 0.800 bits per heavy atom. The third-order valence-electron chi connectivity index (χ3n) is 2.09. The minimum atomic E-state index is -0.100. The first-order valence-corrected chi connectivity index (χ1v) is 6.54. The van der Waals surface area contributed by atoms with Gasteiger partial charge in [0.15, 0.2) is 0 Å². The van der Waals surface area contributed by atoms with E-state index in [9.17, 15) is 0 Å². The van der Waals surface area contributed by atoms with Gasteiger partial charge in [-0.2, -0.15) is 0 Å². The van der Waals surface area contributed by atoms with Crippen LogP contribution in [0.1, 0.15) is 67.2 Å². The van der Waals surface area contributed by atoms with Gasteiger partial charge in [0.1, 0.15) is 0 Å². The Hall–Kier alpha value is 0.439. The molecule has 15 heavy (non-hydrogen) atoms. The monoisotopic (exact) mass is 265 g/mol. The molecule has 0 fully saturated rings. The fraction of sp³-hybridized carbons (Fsp3) is 1.00. The quantitative estimate of drug-likeness (QED) is 0.616. The van der Waals surface area contributed by atoms with E-state index in [0.29, 0.717) is 0 Å². The topological polar surface area (TPSA) is 18.5 Å². The predicted molar refractivity (Wildman–Crippen MR) is 60.1 cm³/mol. The summed E-state index contributed by atoms with van der Waals surface area (Å²) in [6.07, 6.45) is 4.36. The van der Waals surface area contributed by atoms with Crippen LogP contribution in [0, 0.1) is 0 Å². The van der Waals surface area contributed by atoms with Crippen molar-refractivity contribution in [3.8, 4) is 0 Å². The Morgan fingerprint density at radius 2 is 1.13 bits per heavy atom. The van der Waals surface area contributed by atoms with Gasteiger partial charge in [0.05, 0.1) is 0 Å². The first-order chi connectivity index (χ1) is 6.83. The standard InChI is InChI=1S/2C6H13O.Cu/c2*1-4-5-6(2,3)7;/h2*4-5H2,1-3H3;/q2*-1;+2. The zero-order valence-corrected chi connectivity index (χ0v) is 11.9. The van der Waals surface area contributed by atoms with Crippen LogP contribution in [-0.2, 0) is 23.3 Å². The average Bonchev–Trinajstić information content (AvgIpc) is 2.02. The molecule has 0 heterocycles. The van der Waals surface area contributed by atoms with Gasteiger partial charge < -0.3 is 0 Å². The van der Waals surface area contributed by atoms with Crippen molar-refractivity contribution in [1.29, 1.82) is 0 Å². The Morgan fingerprint density at radius 3 is 1.40 bits per heavy atom. The summed E-state index contributed by atoms with van der Waals surface area (Å²) in [6, 6.07) is 0. The first-order valence-electron chi connectivity index (χ1n) is 5.78. The molecule has 0 bridgehead atoms. The molecule has 0 aromatic carbocycles. The summed E-state index contributed by atoms with van der Waals surface area (Å²) in [7, 11) is 0. The van der Waals surface area contributed by atoms with Gasteiger partial charge in [-0.05, 0) is 0 Å². The van der Waals surface area contributed by atoms with Crippen molar-refractivity contribution in [2.24, 2.45) is 0 Å². The van der Waals surface area contributed by atoms with Crippen molar-refractivity contribution in [2.45, 2.75) is 78.4 Å². The summed E-state index contributed by atoms with van der Waals surface area (Å²) in [5.41, 5.74) is -0.200. The van der Waals surface area contributed by atoms with E-state index in [4.69, 9.17) is 7.64 Å². The second-order valence-electron chi connectivity index (χ2n) is 5.19. The molecule has 0 aliphatic heterocycles. The van der Waals surface area contributed by atoms with Crippen LogP contribution in [0.25, 0.3) is 0 Å². The van der Waals surface area contributed by atoms with Crippen molar-refractivity contribution in [1.82, 2.24) is 0 Å². The summed E-state index contributed by atoms with van der Waals surface area (Å²) < 4.78 is 11.3. The predicted octanol–water partition coefficient (Wildman–Crippen LogP) is 4.09. The second-order valence-corrected chi connectivity index (χ2v) is 5.73. The molecule has 0 unspecified atom stereocenters. The van der Waals surface area contributed by atoms with Gasteiger partial charge in [-0.25, -0.2) is 0 Å². The molecule has 0 rings (SSSR count). The zero-order chi connectivity index (χ0) is 11.9. The third kappa shape index (κ3) is 8.27. The van der Waals surface area contributed by atoms with Crippen LogP contribution in [0.5, 0.6) is 0 Å². The van der Waals surface area contributed by atoms with Gasteiger partial charge >= 0.3 is 102 Å².